The van der Waals surface area contributed by atoms with E-state index in [0.29, 0.717) is 22.8 Å². The Balaban J connectivity index is 1.43. The number of carbonyl (C=O) groups excluding carboxylic acids is 3. The van der Waals surface area contributed by atoms with Gasteiger partial charge < -0.3 is 19.5 Å². The van der Waals surface area contributed by atoms with Crippen LogP contribution in [-0.4, -0.2) is 47.1 Å². The first-order chi connectivity index (χ1) is 20.4. The zero-order valence-corrected chi connectivity index (χ0v) is 24.4. The molecule has 1 unspecified atom stereocenters. The van der Waals surface area contributed by atoms with E-state index >= 15 is 0 Å². The summed E-state index contributed by atoms with van der Waals surface area (Å²) in [5.41, 5.74) is 4.42. The van der Waals surface area contributed by atoms with Gasteiger partial charge in [-0.3, -0.25) is 9.69 Å². The lowest BCUT2D eigenvalue weighted by Gasteiger charge is -2.39. The number of ether oxygens (including phenoxy) is 1. The molecule has 0 aliphatic carbocycles. The molecule has 3 amide bonds. The van der Waals surface area contributed by atoms with E-state index in [1.54, 1.807) is 41.0 Å². The van der Waals surface area contributed by atoms with Crippen LogP contribution in [0.15, 0.2) is 91.1 Å². The molecule has 5 rings (SSSR count). The molecule has 1 N–H and O–H groups in total. The number of hydrogen-bond donors (Lipinski definition) is 1. The third-order valence-electron chi connectivity index (χ3n) is 7.22. The summed E-state index contributed by atoms with van der Waals surface area (Å²) in [5, 5.41) is 3.49. The predicted octanol–water partition coefficient (Wildman–Crippen LogP) is 7.08. The van der Waals surface area contributed by atoms with Gasteiger partial charge in [0, 0.05) is 23.5 Å². The fourth-order valence-corrected chi connectivity index (χ4v) is 5.30. The normalized spacial score (nSPS) is 13.6. The van der Waals surface area contributed by atoms with Gasteiger partial charge in [0.2, 0.25) is 5.91 Å². The number of para-hydroxylation sites is 2. The van der Waals surface area contributed by atoms with Crippen molar-refractivity contribution in [1.82, 2.24) is 9.47 Å². The standard InChI is InChI=1S/C33H33ClN4O4/c1-3-5-20-36(33(41)35-26-18-14-24(15-19-26)32(40)42-4-2)22-30(39)38-28-10-7-6-9-27(28)37-21-8-11-29(37)31(38)23-12-16-25(34)17-13-23/h6-19,21,31H,3-5,20,22H2,1-2H3,(H,35,41). The fourth-order valence-electron chi connectivity index (χ4n) is 5.17. The van der Waals surface area contributed by atoms with Crippen molar-refractivity contribution >= 4 is 40.9 Å². The van der Waals surface area contributed by atoms with Crippen LogP contribution in [0, 0.1) is 0 Å². The number of esters is 1. The Hall–Kier alpha value is -4.56. The maximum atomic E-state index is 14.3. The number of nitrogens with zero attached hydrogens (tertiary/aromatic N) is 3. The van der Waals surface area contributed by atoms with Crippen molar-refractivity contribution in [2.24, 2.45) is 0 Å². The Morgan fingerprint density at radius 1 is 0.905 bits per heavy atom. The predicted molar refractivity (Wildman–Crippen MR) is 164 cm³/mol. The molecule has 0 radical (unpaired) electrons. The zero-order chi connectivity index (χ0) is 29.6. The zero-order valence-electron chi connectivity index (χ0n) is 23.6. The van der Waals surface area contributed by atoms with E-state index in [-0.39, 0.29) is 19.1 Å². The van der Waals surface area contributed by atoms with Crippen LogP contribution < -0.4 is 10.2 Å². The Labute approximate surface area is 250 Å². The van der Waals surface area contributed by atoms with Gasteiger partial charge in [0.05, 0.1) is 29.2 Å². The molecular weight excluding hydrogens is 552 g/mol. The minimum absolute atomic E-state index is 0.119. The smallest absolute Gasteiger partial charge is 0.338 e. The first-order valence-corrected chi connectivity index (χ1v) is 14.5. The van der Waals surface area contributed by atoms with Crippen molar-refractivity contribution in [1.29, 1.82) is 0 Å². The quantitative estimate of drug-likeness (QED) is 0.213. The van der Waals surface area contributed by atoms with Gasteiger partial charge in [0.1, 0.15) is 12.6 Å². The Kier molecular flexibility index (Phi) is 8.93. The largest absolute Gasteiger partial charge is 0.462 e. The lowest BCUT2D eigenvalue weighted by atomic mass is 9.97. The summed E-state index contributed by atoms with van der Waals surface area (Å²) in [6, 6.07) is 25.0. The summed E-state index contributed by atoms with van der Waals surface area (Å²) < 4.78 is 7.13. The molecule has 0 spiro atoms. The second-order valence-electron chi connectivity index (χ2n) is 10.0. The topological polar surface area (TPSA) is 83.9 Å². The molecule has 1 aromatic heterocycles. The van der Waals surface area contributed by atoms with Crippen LogP contribution in [0.2, 0.25) is 5.02 Å². The van der Waals surface area contributed by atoms with Crippen molar-refractivity contribution in [3.05, 3.63) is 113 Å². The van der Waals surface area contributed by atoms with Crippen LogP contribution in [0.3, 0.4) is 0 Å². The van der Waals surface area contributed by atoms with Crippen molar-refractivity contribution in [3.8, 4) is 5.69 Å². The monoisotopic (exact) mass is 584 g/mol. The minimum atomic E-state index is -0.422. The molecule has 1 aliphatic rings. The average molecular weight is 585 g/mol. The number of carbonyl (C=O) groups is 3. The number of benzene rings is 3. The Morgan fingerprint density at radius 3 is 2.31 bits per heavy atom. The van der Waals surface area contributed by atoms with Crippen LogP contribution in [0.25, 0.3) is 5.69 Å². The van der Waals surface area contributed by atoms with Crippen LogP contribution in [0.1, 0.15) is 54.3 Å². The lowest BCUT2D eigenvalue weighted by Crippen LogP contribution is -2.48. The number of hydrogen-bond acceptors (Lipinski definition) is 4. The van der Waals surface area contributed by atoms with Gasteiger partial charge in [0.15, 0.2) is 0 Å². The van der Waals surface area contributed by atoms with Crippen molar-refractivity contribution in [2.75, 3.05) is 29.9 Å². The third-order valence-corrected chi connectivity index (χ3v) is 7.47. The molecule has 216 valence electrons. The van der Waals surface area contributed by atoms with Gasteiger partial charge in [-0.15, -0.1) is 0 Å². The summed E-state index contributed by atoms with van der Waals surface area (Å²) in [7, 11) is 0. The molecule has 1 atom stereocenters. The molecule has 4 aromatic rings. The summed E-state index contributed by atoms with van der Waals surface area (Å²) in [4.78, 5) is 43.1. The fraction of sp³-hybridized carbons (Fsp3) is 0.242. The van der Waals surface area contributed by atoms with Crippen LogP contribution in [0.4, 0.5) is 16.2 Å². The molecule has 0 bridgehead atoms. The number of aromatic nitrogens is 1. The molecule has 8 nitrogen and oxygen atoms in total. The van der Waals surface area contributed by atoms with E-state index in [9.17, 15) is 14.4 Å². The summed E-state index contributed by atoms with van der Waals surface area (Å²) in [5.74, 6) is -0.632. The molecule has 0 fully saturated rings. The van der Waals surface area contributed by atoms with E-state index in [0.717, 1.165) is 35.5 Å². The Morgan fingerprint density at radius 2 is 1.62 bits per heavy atom. The van der Waals surface area contributed by atoms with E-state index in [2.05, 4.69) is 9.88 Å². The van der Waals surface area contributed by atoms with Gasteiger partial charge in [0.25, 0.3) is 0 Å². The van der Waals surface area contributed by atoms with E-state index < -0.39 is 18.0 Å². The number of anilines is 2. The molecule has 0 saturated carbocycles. The average Bonchev–Trinajstić information content (AvgIpc) is 3.49. The molecule has 0 saturated heterocycles. The summed E-state index contributed by atoms with van der Waals surface area (Å²) in [6.45, 7) is 4.36. The Bertz CT molecular complexity index is 1570. The molecule has 42 heavy (non-hydrogen) atoms. The number of fused-ring (bicyclic) bond motifs is 3. The van der Waals surface area contributed by atoms with E-state index in [1.807, 2.05) is 73.8 Å². The maximum Gasteiger partial charge on any atom is 0.338 e. The van der Waals surface area contributed by atoms with Gasteiger partial charge in [-0.05, 0) is 79.6 Å². The highest BCUT2D eigenvalue weighted by Gasteiger charge is 2.37. The number of urea groups is 1. The second kappa shape index (κ2) is 13.0. The minimum Gasteiger partial charge on any atom is -0.462 e. The highest BCUT2D eigenvalue weighted by atomic mass is 35.5. The molecule has 3 aromatic carbocycles. The van der Waals surface area contributed by atoms with Crippen molar-refractivity contribution in [3.63, 3.8) is 0 Å². The summed E-state index contributed by atoms with van der Waals surface area (Å²) >= 11 is 6.21. The number of unbranched alkanes of at least 4 members (excludes halogenated alkanes) is 1. The second-order valence-corrected chi connectivity index (χ2v) is 10.4. The van der Waals surface area contributed by atoms with Crippen LogP contribution in [-0.2, 0) is 9.53 Å². The van der Waals surface area contributed by atoms with Gasteiger partial charge in [-0.2, -0.15) is 0 Å². The number of nitrogens with one attached hydrogen (secondary N) is 1. The third kappa shape index (κ3) is 6.04. The lowest BCUT2D eigenvalue weighted by molar-refractivity contribution is -0.119. The highest BCUT2D eigenvalue weighted by molar-refractivity contribution is 6.30. The maximum absolute atomic E-state index is 14.3. The van der Waals surface area contributed by atoms with Crippen molar-refractivity contribution < 1.29 is 19.1 Å². The number of rotatable bonds is 9. The molecule has 2 heterocycles. The van der Waals surface area contributed by atoms with Gasteiger partial charge in [-0.1, -0.05) is 49.2 Å². The first kappa shape index (κ1) is 29.0. The van der Waals surface area contributed by atoms with Crippen LogP contribution >= 0.6 is 11.6 Å². The number of halogens is 1. The van der Waals surface area contributed by atoms with E-state index in [1.165, 1.54) is 0 Å². The van der Waals surface area contributed by atoms with E-state index in [4.69, 9.17) is 16.3 Å². The van der Waals surface area contributed by atoms with Gasteiger partial charge >= 0.3 is 12.0 Å². The first-order valence-electron chi connectivity index (χ1n) is 14.1. The summed E-state index contributed by atoms with van der Waals surface area (Å²) in [6.07, 6.45) is 3.59. The molecular formula is C33H33ClN4O4. The molecule has 9 heteroatoms. The van der Waals surface area contributed by atoms with Crippen molar-refractivity contribution in [2.45, 2.75) is 32.7 Å². The molecule has 1 aliphatic heterocycles. The SMILES string of the molecule is CCCCN(CC(=O)N1c2ccccc2-n2cccc2C1c1ccc(Cl)cc1)C(=O)Nc1ccc(C(=O)OCC)cc1. The number of amides is 3. The highest BCUT2D eigenvalue weighted by Crippen LogP contribution is 2.42. The van der Waals surface area contributed by atoms with Gasteiger partial charge in [-0.25, -0.2) is 9.59 Å². The van der Waals surface area contributed by atoms with Crippen LogP contribution in [0.5, 0.6) is 0 Å².